The van der Waals surface area contributed by atoms with Crippen molar-refractivity contribution in [1.29, 1.82) is 0 Å². The van der Waals surface area contributed by atoms with Gasteiger partial charge < -0.3 is 5.11 Å². The number of carboxylic acids is 1. The minimum Gasteiger partial charge on any atom is -0.480 e. The van der Waals surface area contributed by atoms with E-state index in [9.17, 15) is 19.5 Å². The fraction of sp³-hybridized carbons (Fsp3) is 0.609. The van der Waals surface area contributed by atoms with Crippen molar-refractivity contribution >= 4 is 29.4 Å². The van der Waals surface area contributed by atoms with Crippen molar-refractivity contribution in [3.8, 4) is 0 Å². The molecule has 0 radical (unpaired) electrons. The first-order valence-corrected chi connectivity index (χ1v) is 11.3. The lowest BCUT2D eigenvalue weighted by Crippen LogP contribution is -2.57. The van der Waals surface area contributed by atoms with Crippen LogP contribution in [0.1, 0.15) is 64.0 Å². The average Bonchev–Trinajstić information content (AvgIpc) is 3.17. The van der Waals surface area contributed by atoms with Gasteiger partial charge in [0.2, 0.25) is 11.8 Å². The Kier molecular flexibility index (Phi) is 5.66. The van der Waals surface area contributed by atoms with Crippen molar-refractivity contribution < 1.29 is 19.5 Å². The lowest BCUT2D eigenvalue weighted by atomic mass is 9.75. The Balaban J connectivity index is 1.81. The van der Waals surface area contributed by atoms with E-state index in [-0.39, 0.29) is 30.2 Å². The standard InChI is InChI=1S/C23H29ClN2O4/c1-13(2)12-23(22(29)30)18-17(19(25-23)14-7-6-8-15(24)11-14)20(27)26(21(18)28)16-9-4-3-5-10-16/h6-8,11,13,16-19,25H,3-5,9-10,12H2,1-2H3,(H,29,30). The van der Waals surface area contributed by atoms with E-state index in [2.05, 4.69) is 5.32 Å². The van der Waals surface area contributed by atoms with Crippen LogP contribution in [0.2, 0.25) is 5.02 Å². The van der Waals surface area contributed by atoms with Crippen molar-refractivity contribution in [2.45, 2.75) is 70.0 Å². The first kappa shape index (κ1) is 21.3. The van der Waals surface area contributed by atoms with Gasteiger partial charge in [-0.25, -0.2) is 0 Å². The molecule has 4 rings (SSSR count). The van der Waals surface area contributed by atoms with Gasteiger partial charge in [-0.2, -0.15) is 0 Å². The highest BCUT2D eigenvalue weighted by molar-refractivity contribution is 6.30. The highest BCUT2D eigenvalue weighted by Gasteiger charge is 2.69. The van der Waals surface area contributed by atoms with Crippen LogP contribution in [-0.2, 0) is 14.4 Å². The smallest absolute Gasteiger partial charge is 0.324 e. The zero-order valence-electron chi connectivity index (χ0n) is 17.4. The molecule has 0 spiro atoms. The molecule has 2 aliphatic heterocycles. The van der Waals surface area contributed by atoms with Gasteiger partial charge in [0, 0.05) is 17.1 Å². The van der Waals surface area contributed by atoms with Crippen molar-refractivity contribution in [2.75, 3.05) is 0 Å². The summed E-state index contributed by atoms with van der Waals surface area (Å²) in [6.07, 6.45) is 4.97. The number of carbonyl (C=O) groups excluding carboxylic acids is 2. The van der Waals surface area contributed by atoms with Crippen molar-refractivity contribution in [2.24, 2.45) is 17.8 Å². The second-order valence-corrected chi connectivity index (χ2v) is 9.83. The SMILES string of the molecule is CC(C)CC1(C(=O)O)NC(c2cccc(Cl)c2)C2C(=O)N(C3CCCCC3)C(=O)C21. The maximum atomic E-state index is 13.6. The van der Waals surface area contributed by atoms with Gasteiger partial charge in [0.25, 0.3) is 0 Å². The van der Waals surface area contributed by atoms with Crippen LogP contribution >= 0.6 is 11.6 Å². The third-order valence-corrected chi connectivity index (χ3v) is 7.18. The number of halogens is 1. The molecule has 2 saturated heterocycles. The molecule has 162 valence electrons. The molecule has 2 amide bonds. The lowest BCUT2D eigenvalue weighted by Gasteiger charge is -2.35. The molecule has 0 bridgehead atoms. The van der Waals surface area contributed by atoms with Gasteiger partial charge in [0.1, 0.15) is 5.54 Å². The Morgan fingerprint density at radius 3 is 2.53 bits per heavy atom. The van der Waals surface area contributed by atoms with Gasteiger partial charge in [-0.3, -0.25) is 24.6 Å². The maximum Gasteiger partial charge on any atom is 0.324 e. The predicted octanol–water partition coefficient (Wildman–Crippen LogP) is 3.79. The summed E-state index contributed by atoms with van der Waals surface area (Å²) in [6.45, 7) is 3.88. The van der Waals surface area contributed by atoms with Gasteiger partial charge in [-0.1, -0.05) is 56.8 Å². The highest BCUT2D eigenvalue weighted by atomic mass is 35.5. The van der Waals surface area contributed by atoms with Crippen LogP contribution in [0, 0.1) is 17.8 Å². The number of nitrogens with zero attached hydrogens (tertiary/aromatic N) is 1. The predicted molar refractivity (Wildman–Crippen MR) is 113 cm³/mol. The van der Waals surface area contributed by atoms with Crippen LogP contribution < -0.4 is 5.32 Å². The fourth-order valence-electron chi connectivity index (χ4n) is 5.83. The minimum absolute atomic E-state index is 0.0407. The average molecular weight is 433 g/mol. The summed E-state index contributed by atoms with van der Waals surface area (Å²) >= 11 is 6.19. The number of hydrogen-bond donors (Lipinski definition) is 2. The van der Waals surface area contributed by atoms with Crippen LogP contribution in [0.25, 0.3) is 0 Å². The number of amides is 2. The zero-order chi connectivity index (χ0) is 21.6. The van der Waals surface area contributed by atoms with E-state index >= 15 is 0 Å². The largest absolute Gasteiger partial charge is 0.480 e. The van der Waals surface area contributed by atoms with Gasteiger partial charge in [-0.15, -0.1) is 0 Å². The number of aliphatic carboxylic acids is 1. The van der Waals surface area contributed by atoms with E-state index in [0.29, 0.717) is 5.02 Å². The van der Waals surface area contributed by atoms with Crippen LogP contribution in [0.3, 0.4) is 0 Å². The van der Waals surface area contributed by atoms with E-state index < -0.39 is 29.4 Å². The van der Waals surface area contributed by atoms with Crippen LogP contribution in [0.4, 0.5) is 0 Å². The summed E-state index contributed by atoms with van der Waals surface area (Å²) in [4.78, 5) is 41.2. The van der Waals surface area contributed by atoms with E-state index in [1.165, 1.54) is 4.90 Å². The molecule has 30 heavy (non-hydrogen) atoms. The molecular formula is C23H29ClN2O4. The Hall–Kier alpha value is -1.92. The molecule has 3 aliphatic rings. The Labute approximate surface area is 182 Å². The maximum absolute atomic E-state index is 13.6. The third kappa shape index (κ3) is 3.34. The second-order valence-electron chi connectivity index (χ2n) is 9.39. The molecule has 1 aromatic carbocycles. The summed E-state index contributed by atoms with van der Waals surface area (Å²) in [5.74, 6) is -3.22. The number of fused-ring (bicyclic) bond motifs is 1. The summed E-state index contributed by atoms with van der Waals surface area (Å²) in [5.41, 5.74) is -0.724. The van der Waals surface area contributed by atoms with Crippen LogP contribution in [0.15, 0.2) is 24.3 Å². The van der Waals surface area contributed by atoms with Crippen molar-refractivity contribution in [3.63, 3.8) is 0 Å². The number of rotatable bonds is 5. The number of benzene rings is 1. The topological polar surface area (TPSA) is 86.7 Å². The first-order chi connectivity index (χ1) is 14.3. The summed E-state index contributed by atoms with van der Waals surface area (Å²) in [7, 11) is 0. The van der Waals surface area contributed by atoms with Crippen LogP contribution in [-0.4, -0.2) is 39.4 Å². The molecular weight excluding hydrogens is 404 g/mol. The van der Waals surface area contributed by atoms with E-state index in [4.69, 9.17) is 11.6 Å². The quantitative estimate of drug-likeness (QED) is 0.691. The molecule has 1 aliphatic carbocycles. The molecule has 6 nitrogen and oxygen atoms in total. The molecule has 4 unspecified atom stereocenters. The summed E-state index contributed by atoms with van der Waals surface area (Å²) < 4.78 is 0. The second kappa shape index (κ2) is 7.97. The molecule has 4 atom stereocenters. The molecule has 2 heterocycles. The number of imide groups is 1. The Morgan fingerprint density at radius 2 is 1.93 bits per heavy atom. The number of carbonyl (C=O) groups is 3. The van der Waals surface area contributed by atoms with E-state index in [1.807, 2.05) is 19.9 Å². The van der Waals surface area contributed by atoms with Crippen LogP contribution in [0.5, 0.6) is 0 Å². The molecule has 1 saturated carbocycles. The van der Waals surface area contributed by atoms with E-state index in [1.54, 1.807) is 18.2 Å². The molecule has 2 N–H and O–H groups in total. The molecule has 3 fully saturated rings. The number of carboxylic acid groups (broad SMARTS) is 1. The zero-order valence-corrected chi connectivity index (χ0v) is 18.2. The highest BCUT2D eigenvalue weighted by Crippen LogP contribution is 2.52. The fourth-order valence-corrected chi connectivity index (χ4v) is 6.03. The van der Waals surface area contributed by atoms with Crippen molar-refractivity contribution in [1.82, 2.24) is 10.2 Å². The minimum atomic E-state index is -1.47. The van der Waals surface area contributed by atoms with Gasteiger partial charge >= 0.3 is 5.97 Å². The van der Waals surface area contributed by atoms with Gasteiger partial charge in [0.05, 0.1) is 11.8 Å². The summed E-state index contributed by atoms with van der Waals surface area (Å²) in [6, 6.07) is 6.45. The third-order valence-electron chi connectivity index (χ3n) is 6.95. The monoisotopic (exact) mass is 432 g/mol. The lowest BCUT2D eigenvalue weighted by molar-refractivity contribution is -0.153. The molecule has 0 aromatic heterocycles. The number of likely N-dealkylation sites (tertiary alicyclic amines) is 1. The first-order valence-electron chi connectivity index (χ1n) is 10.9. The number of nitrogens with one attached hydrogen (secondary N) is 1. The Morgan fingerprint density at radius 1 is 1.23 bits per heavy atom. The van der Waals surface area contributed by atoms with E-state index in [0.717, 1.165) is 37.7 Å². The molecule has 1 aromatic rings. The van der Waals surface area contributed by atoms with Gasteiger partial charge in [0.15, 0.2) is 0 Å². The normalized spacial score (nSPS) is 32.1. The van der Waals surface area contributed by atoms with Gasteiger partial charge in [-0.05, 0) is 42.9 Å². The summed E-state index contributed by atoms with van der Waals surface area (Å²) in [5, 5.41) is 14.1. The molecule has 7 heteroatoms. The van der Waals surface area contributed by atoms with Crippen molar-refractivity contribution in [3.05, 3.63) is 34.9 Å². The Bertz CT molecular complexity index is 867. The number of hydrogen-bond acceptors (Lipinski definition) is 4.